The Morgan fingerprint density at radius 1 is 1.10 bits per heavy atom. The molecule has 2 rings (SSSR count). The molecule has 118 valence electrons. The average Bonchev–Trinajstić information content (AvgIpc) is 2.47. The summed E-state index contributed by atoms with van der Waals surface area (Å²) in [5, 5.41) is 3.56. The van der Waals surface area contributed by atoms with Crippen LogP contribution in [0.5, 0.6) is 0 Å². The molecule has 0 aliphatic heterocycles. The fourth-order valence-corrected chi connectivity index (χ4v) is 3.15. The van der Waals surface area contributed by atoms with E-state index in [1.54, 1.807) is 12.1 Å². The van der Waals surface area contributed by atoms with Gasteiger partial charge in [-0.15, -0.1) is 0 Å². The van der Waals surface area contributed by atoms with Crippen molar-refractivity contribution in [1.82, 2.24) is 5.32 Å². The van der Waals surface area contributed by atoms with Gasteiger partial charge in [0.2, 0.25) is 0 Å². The van der Waals surface area contributed by atoms with E-state index in [1.165, 1.54) is 44.2 Å². The van der Waals surface area contributed by atoms with Crippen molar-refractivity contribution >= 4 is 0 Å². The van der Waals surface area contributed by atoms with Gasteiger partial charge in [-0.2, -0.15) is 13.2 Å². The lowest BCUT2D eigenvalue weighted by atomic mass is 9.84. The summed E-state index contributed by atoms with van der Waals surface area (Å²) in [5.41, 5.74) is 0.336. The SMILES string of the molecule is CCC1CCC(NC(C)c2ccc(C(F)(F)F)cc2)CC1. The van der Waals surface area contributed by atoms with Gasteiger partial charge in [0.05, 0.1) is 5.56 Å². The fraction of sp³-hybridized carbons (Fsp3) is 0.647. The summed E-state index contributed by atoms with van der Waals surface area (Å²) in [6, 6.07) is 6.08. The van der Waals surface area contributed by atoms with E-state index in [9.17, 15) is 13.2 Å². The van der Waals surface area contributed by atoms with Crippen LogP contribution in [-0.4, -0.2) is 6.04 Å². The Labute approximate surface area is 124 Å². The first-order chi connectivity index (χ1) is 9.90. The molecule has 21 heavy (non-hydrogen) atoms. The number of halogens is 3. The van der Waals surface area contributed by atoms with Crippen molar-refractivity contribution in [3.05, 3.63) is 35.4 Å². The van der Waals surface area contributed by atoms with Crippen LogP contribution in [0.4, 0.5) is 13.2 Å². The Hall–Kier alpha value is -1.03. The summed E-state index contributed by atoms with van der Waals surface area (Å²) >= 11 is 0. The van der Waals surface area contributed by atoms with Crippen LogP contribution in [0.15, 0.2) is 24.3 Å². The predicted octanol–water partition coefficient (Wildman–Crippen LogP) is 5.32. The second-order valence-corrected chi connectivity index (χ2v) is 6.13. The zero-order chi connectivity index (χ0) is 15.5. The van der Waals surface area contributed by atoms with Crippen LogP contribution in [0.3, 0.4) is 0 Å². The second-order valence-electron chi connectivity index (χ2n) is 6.13. The van der Waals surface area contributed by atoms with Gasteiger partial charge in [0.15, 0.2) is 0 Å². The number of nitrogens with one attached hydrogen (secondary N) is 1. The average molecular weight is 299 g/mol. The predicted molar refractivity (Wildman–Crippen MR) is 79.0 cm³/mol. The van der Waals surface area contributed by atoms with Gasteiger partial charge < -0.3 is 5.32 Å². The third kappa shape index (κ3) is 4.47. The molecule has 1 N–H and O–H groups in total. The van der Waals surface area contributed by atoms with E-state index in [2.05, 4.69) is 12.2 Å². The number of hydrogen-bond acceptors (Lipinski definition) is 1. The normalized spacial score (nSPS) is 24.8. The smallest absolute Gasteiger partial charge is 0.307 e. The van der Waals surface area contributed by atoms with Crippen molar-refractivity contribution in [2.24, 2.45) is 5.92 Å². The van der Waals surface area contributed by atoms with Gasteiger partial charge >= 0.3 is 6.18 Å². The van der Waals surface area contributed by atoms with Crippen LogP contribution in [-0.2, 0) is 6.18 Å². The van der Waals surface area contributed by atoms with Gasteiger partial charge in [-0.1, -0.05) is 25.5 Å². The van der Waals surface area contributed by atoms with Crippen LogP contribution < -0.4 is 5.32 Å². The Bertz CT molecular complexity index is 430. The van der Waals surface area contributed by atoms with E-state index in [0.717, 1.165) is 11.5 Å². The highest BCUT2D eigenvalue weighted by Gasteiger charge is 2.30. The summed E-state index contributed by atoms with van der Waals surface area (Å²) in [4.78, 5) is 0. The van der Waals surface area contributed by atoms with E-state index in [4.69, 9.17) is 0 Å². The van der Waals surface area contributed by atoms with E-state index < -0.39 is 11.7 Å². The standard InChI is InChI=1S/C17H24F3N/c1-3-13-4-10-16(11-5-13)21-12(2)14-6-8-15(9-7-14)17(18,19)20/h6-9,12-13,16,21H,3-5,10-11H2,1-2H3. The van der Waals surface area contributed by atoms with E-state index in [0.29, 0.717) is 6.04 Å². The molecule has 1 unspecified atom stereocenters. The molecule has 1 nitrogen and oxygen atoms in total. The summed E-state index contributed by atoms with van der Waals surface area (Å²) in [5.74, 6) is 0.851. The third-order valence-corrected chi connectivity index (χ3v) is 4.65. The summed E-state index contributed by atoms with van der Waals surface area (Å²) in [6.07, 6.45) is 1.85. The molecule has 1 aromatic carbocycles. The third-order valence-electron chi connectivity index (χ3n) is 4.65. The van der Waals surface area contributed by atoms with Crippen LogP contribution in [0.1, 0.15) is 63.1 Å². The topological polar surface area (TPSA) is 12.0 Å². The molecule has 1 fully saturated rings. The molecule has 0 amide bonds. The largest absolute Gasteiger partial charge is 0.416 e. The zero-order valence-corrected chi connectivity index (χ0v) is 12.7. The molecule has 1 saturated carbocycles. The molecule has 0 heterocycles. The number of alkyl halides is 3. The highest BCUT2D eigenvalue weighted by atomic mass is 19.4. The molecule has 0 bridgehead atoms. The summed E-state index contributed by atoms with van der Waals surface area (Å²) < 4.78 is 37.6. The van der Waals surface area contributed by atoms with Crippen molar-refractivity contribution in [2.45, 2.75) is 64.2 Å². The van der Waals surface area contributed by atoms with Crippen molar-refractivity contribution < 1.29 is 13.2 Å². The molecule has 4 heteroatoms. The maximum atomic E-state index is 12.5. The minimum absolute atomic E-state index is 0.0930. The maximum absolute atomic E-state index is 12.5. The van der Waals surface area contributed by atoms with Gasteiger partial charge in [-0.25, -0.2) is 0 Å². The molecule has 1 aliphatic rings. The van der Waals surface area contributed by atoms with Gasteiger partial charge in [0, 0.05) is 12.1 Å². The van der Waals surface area contributed by atoms with Crippen LogP contribution in [0.25, 0.3) is 0 Å². The Kier molecular flexibility index (Phi) is 5.31. The Morgan fingerprint density at radius 2 is 1.67 bits per heavy atom. The lowest BCUT2D eigenvalue weighted by molar-refractivity contribution is -0.137. The first-order valence-corrected chi connectivity index (χ1v) is 7.83. The van der Waals surface area contributed by atoms with Crippen LogP contribution >= 0.6 is 0 Å². The van der Waals surface area contributed by atoms with Gasteiger partial charge in [-0.05, 0) is 56.2 Å². The molecule has 1 aromatic rings. The lowest BCUT2D eigenvalue weighted by Crippen LogP contribution is -2.34. The second kappa shape index (κ2) is 6.82. The highest BCUT2D eigenvalue weighted by molar-refractivity contribution is 5.26. The quantitative estimate of drug-likeness (QED) is 0.793. The maximum Gasteiger partial charge on any atom is 0.416 e. The molecular weight excluding hydrogens is 275 g/mol. The Morgan fingerprint density at radius 3 is 2.14 bits per heavy atom. The van der Waals surface area contributed by atoms with E-state index in [-0.39, 0.29) is 6.04 Å². The number of hydrogen-bond donors (Lipinski definition) is 1. The summed E-state index contributed by atoms with van der Waals surface area (Å²) in [7, 11) is 0. The van der Waals surface area contributed by atoms with Gasteiger partial charge in [0.1, 0.15) is 0 Å². The van der Waals surface area contributed by atoms with Crippen molar-refractivity contribution in [1.29, 1.82) is 0 Å². The minimum Gasteiger partial charge on any atom is -0.307 e. The van der Waals surface area contributed by atoms with Crippen molar-refractivity contribution in [3.8, 4) is 0 Å². The lowest BCUT2D eigenvalue weighted by Gasteiger charge is -2.31. The summed E-state index contributed by atoms with van der Waals surface area (Å²) in [6.45, 7) is 4.26. The molecule has 0 radical (unpaired) electrons. The van der Waals surface area contributed by atoms with Crippen molar-refractivity contribution in [2.75, 3.05) is 0 Å². The molecule has 0 saturated heterocycles. The fourth-order valence-electron chi connectivity index (χ4n) is 3.15. The zero-order valence-electron chi connectivity index (χ0n) is 12.7. The van der Waals surface area contributed by atoms with Crippen LogP contribution in [0, 0.1) is 5.92 Å². The number of rotatable bonds is 4. The molecule has 1 atom stereocenters. The molecular formula is C17H24F3N. The van der Waals surface area contributed by atoms with E-state index >= 15 is 0 Å². The van der Waals surface area contributed by atoms with Gasteiger partial charge in [0.25, 0.3) is 0 Å². The first-order valence-electron chi connectivity index (χ1n) is 7.83. The molecule has 0 aromatic heterocycles. The highest BCUT2D eigenvalue weighted by Crippen LogP contribution is 2.31. The van der Waals surface area contributed by atoms with E-state index in [1.807, 2.05) is 6.92 Å². The minimum atomic E-state index is -4.26. The Balaban J connectivity index is 1.90. The van der Waals surface area contributed by atoms with Crippen LogP contribution in [0.2, 0.25) is 0 Å². The van der Waals surface area contributed by atoms with Gasteiger partial charge in [-0.3, -0.25) is 0 Å². The number of benzene rings is 1. The molecule has 1 aliphatic carbocycles. The monoisotopic (exact) mass is 299 g/mol. The van der Waals surface area contributed by atoms with Crippen molar-refractivity contribution in [3.63, 3.8) is 0 Å². The molecule has 0 spiro atoms. The first kappa shape index (κ1) is 16.3.